The van der Waals surface area contributed by atoms with E-state index in [1.807, 2.05) is 0 Å². The lowest BCUT2D eigenvalue weighted by molar-refractivity contribution is -0.137. The molecule has 6 N–H and O–H groups in total. The molecule has 31 heavy (non-hydrogen) atoms. The van der Waals surface area contributed by atoms with Crippen LogP contribution in [0.25, 0.3) is 20.8 Å². The van der Waals surface area contributed by atoms with Crippen LogP contribution in [0.15, 0.2) is 18.2 Å². The van der Waals surface area contributed by atoms with Gasteiger partial charge in [0.25, 0.3) is 0 Å². The van der Waals surface area contributed by atoms with Gasteiger partial charge < -0.3 is 26.4 Å². The molecular weight excluding hydrogens is 459 g/mol. The topological polar surface area (TPSA) is 137 Å². The highest BCUT2D eigenvalue weighted by molar-refractivity contribution is 7.21. The van der Waals surface area contributed by atoms with Crippen LogP contribution in [0.1, 0.15) is 12.0 Å². The second-order valence-electron chi connectivity index (χ2n) is 7.21. The number of nitrogens with zero attached hydrogens (tertiary/aromatic N) is 3. The highest BCUT2D eigenvalue weighted by Gasteiger charge is 2.41. The fourth-order valence-corrected chi connectivity index (χ4v) is 4.89. The first kappa shape index (κ1) is 22.0. The molecular formula is C18H17ClF3N5O3S. The van der Waals surface area contributed by atoms with Gasteiger partial charge in [-0.1, -0.05) is 11.6 Å². The predicted octanol–water partition coefficient (Wildman–Crippen LogP) is 2.52. The Morgan fingerprint density at radius 1 is 1.19 bits per heavy atom. The number of rotatable bonds is 4. The first-order chi connectivity index (χ1) is 14.6. The maximum absolute atomic E-state index is 13.0. The lowest BCUT2D eigenvalue weighted by Crippen LogP contribution is -2.35. The van der Waals surface area contributed by atoms with Crippen LogP contribution >= 0.6 is 22.9 Å². The minimum absolute atomic E-state index is 0.0724. The molecule has 2 heterocycles. The Labute approximate surface area is 182 Å². The molecule has 1 fully saturated rings. The lowest BCUT2D eigenvalue weighted by atomic mass is 10.1. The van der Waals surface area contributed by atoms with Crippen LogP contribution in [0.2, 0.25) is 5.15 Å². The molecule has 4 atom stereocenters. The smallest absolute Gasteiger partial charge is 0.396 e. The molecule has 2 aromatic heterocycles. The monoisotopic (exact) mass is 475 g/mol. The quantitative estimate of drug-likeness (QED) is 0.363. The van der Waals surface area contributed by atoms with Gasteiger partial charge in [-0.15, -0.1) is 11.3 Å². The Morgan fingerprint density at radius 2 is 1.94 bits per heavy atom. The highest BCUT2D eigenvalue weighted by Crippen LogP contribution is 2.41. The number of hydrogen-bond acceptors (Lipinski definition) is 9. The summed E-state index contributed by atoms with van der Waals surface area (Å²) in [4.78, 5) is 12.3. The molecule has 0 spiro atoms. The number of anilines is 2. The van der Waals surface area contributed by atoms with Crippen molar-refractivity contribution in [1.82, 2.24) is 15.0 Å². The third kappa shape index (κ3) is 4.13. The zero-order valence-electron chi connectivity index (χ0n) is 15.6. The second kappa shape index (κ2) is 8.02. The average Bonchev–Trinajstić information content (AvgIpc) is 3.22. The molecule has 13 heteroatoms. The van der Waals surface area contributed by atoms with Crippen LogP contribution in [0.4, 0.5) is 24.9 Å². The Hall–Kier alpha value is -2.25. The summed E-state index contributed by atoms with van der Waals surface area (Å²) in [6.07, 6.45) is -6.59. The molecule has 0 amide bonds. The Kier molecular flexibility index (Phi) is 5.68. The summed E-state index contributed by atoms with van der Waals surface area (Å²) in [5, 5.41) is 32.9. The molecule has 0 bridgehead atoms. The Bertz CT molecular complexity index is 1130. The van der Waals surface area contributed by atoms with Gasteiger partial charge in [0.1, 0.15) is 22.1 Å². The van der Waals surface area contributed by atoms with Crippen molar-refractivity contribution in [1.29, 1.82) is 0 Å². The second-order valence-corrected chi connectivity index (χ2v) is 8.59. The summed E-state index contributed by atoms with van der Waals surface area (Å²) in [7, 11) is 0. The maximum atomic E-state index is 13.0. The van der Waals surface area contributed by atoms with E-state index in [9.17, 15) is 28.5 Å². The molecule has 0 radical (unpaired) electrons. The van der Waals surface area contributed by atoms with Gasteiger partial charge in [-0.3, -0.25) is 0 Å². The van der Waals surface area contributed by atoms with Crippen molar-refractivity contribution in [3.8, 4) is 10.6 Å². The lowest BCUT2D eigenvalue weighted by Gasteiger charge is -2.20. The molecule has 1 aromatic carbocycles. The van der Waals surface area contributed by atoms with Crippen molar-refractivity contribution in [3.63, 3.8) is 0 Å². The fourth-order valence-electron chi connectivity index (χ4n) is 3.58. The normalized spacial score (nSPS) is 24.1. The number of thiazole rings is 1. The van der Waals surface area contributed by atoms with E-state index < -0.39 is 35.9 Å². The SMILES string of the molecule is Nc1nc(Cl)c(-c2nc3cc(C(F)(F)F)ccc3s2)c(N[C@@H]2C[C@H](CO)[C@@H](O)[C@H]2O)n1. The summed E-state index contributed by atoms with van der Waals surface area (Å²) in [5.41, 5.74) is 5.21. The van der Waals surface area contributed by atoms with Gasteiger partial charge in [-0.25, -0.2) is 9.97 Å². The van der Waals surface area contributed by atoms with Gasteiger partial charge in [-0.2, -0.15) is 18.2 Å². The molecule has 0 saturated heterocycles. The third-order valence-corrected chi connectivity index (χ3v) is 6.50. The number of aromatic nitrogens is 3. The molecule has 1 aliphatic rings. The number of nitrogens with two attached hydrogens (primary N) is 1. The number of fused-ring (bicyclic) bond motifs is 1. The van der Waals surface area contributed by atoms with Gasteiger partial charge in [0.05, 0.1) is 33.5 Å². The van der Waals surface area contributed by atoms with Crippen LogP contribution in [0.5, 0.6) is 0 Å². The number of aliphatic hydroxyl groups excluding tert-OH is 3. The average molecular weight is 476 g/mol. The molecule has 166 valence electrons. The van der Waals surface area contributed by atoms with Crippen molar-refractivity contribution in [2.45, 2.75) is 30.8 Å². The highest BCUT2D eigenvalue weighted by atomic mass is 35.5. The van der Waals surface area contributed by atoms with Crippen LogP contribution in [-0.2, 0) is 6.18 Å². The van der Waals surface area contributed by atoms with E-state index in [2.05, 4.69) is 20.3 Å². The Balaban J connectivity index is 1.75. The van der Waals surface area contributed by atoms with Crippen LogP contribution < -0.4 is 11.1 Å². The van der Waals surface area contributed by atoms with E-state index in [0.29, 0.717) is 4.70 Å². The standard InChI is InChI=1S/C18H17ClF3N5O3S/c19-14-11(16-25-8-4-7(18(20,21)22)1-2-10(8)31-16)15(27-17(23)26-14)24-9-3-6(5-28)12(29)13(9)30/h1-2,4,6,9,12-13,28-30H,3,5H2,(H3,23,24,26,27)/t6-,9-,12-,13+/m1/s1. The van der Waals surface area contributed by atoms with Gasteiger partial charge >= 0.3 is 6.18 Å². The number of benzene rings is 1. The van der Waals surface area contributed by atoms with Gasteiger partial charge in [0, 0.05) is 12.5 Å². The molecule has 8 nitrogen and oxygen atoms in total. The summed E-state index contributed by atoms with van der Waals surface area (Å²) < 4.78 is 39.6. The van der Waals surface area contributed by atoms with Crippen molar-refractivity contribution < 1.29 is 28.5 Å². The van der Waals surface area contributed by atoms with E-state index in [4.69, 9.17) is 17.3 Å². The molecule has 3 aromatic rings. The van der Waals surface area contributed by atoms with Crippen molar-refractivity contribution in [2.75, 3.05) is 17.7 Å². The number of aliphatic hydroxyl groups is 3. The largest absolute Gasteiger partial charge is 0.416 e. The van der Waals surface area contributed by atoms with E-state index in [1.54, 1.807) is 0 Å². The van der Waals surface area contributed by atoms with Gasteiger partial charge in [-0.05, 0) is 24.6 Å². The summed E-state index contributed by atoms with van der Waals surface area (Å²) in [6, 6.07) is 2.55. The minimum atomic E-state index is -4.50. The molecule has 4 rings (SSSR count). The molecule has 1 saturated carbocycles. The van der Waals surface area contributed by atoms with Crippen LogP contribution in [0, 0.1) is 5.92 Å². The molecule has 0 unspecified atom stereocenters. The van der Waals surface area contributed by atoms with Crippen molar-refractivity contribution in [2.24, 2.45) is 5.92 Å². The first-order valence-electron chi connectivity index (χ1n) is 9.13. The fraction of sp³-hybridized carbons (Fsp3) is 0.389. The van der Waals surface area contributed by atoms with E-state index >= 15 is 0 Å². The number of nitrogen functional groups attached to an aromatic ring is 1. The van der Waals surface area contributed by atoms with E-state index in [1.165, 1.54) is 6.07 Å². The van der Waals surface area contributed by atoms with Crippen LogP contribution in [-0.4, -0.2) is 55.1 Å². The number of halogens is 4. The summed E-state index contributed by atoms with van der Waals surface area (Å²) >= 11 is 7.36. The summed E-state index contributed by atoms with van der Waals surface area (Å²) in [6.45, 7) is -0.310. The van der Waals surface area contributed by atoms with Gasteiger partial charge in [0.2, 0.25) is 5.95 Å². The molecule has 0 aliphatic heterocycles. The van der Waals surface area contributed by atoms with E-state index in [0.717, 1.165) is 23.5 Å². The van der Waals surface area contributed by atoms with Crippen molar-refractivity contribution >= 4 is 44.9 Å². The third-order valence-electron chi connectivity index (χ3n) is 5.17. The number of alkyl halides is 3. The Morgan fingerprint density at radius 3 is 2.58 bits per heavy atom. The number of hydrogen-bond donors (Lipinski definition) is 5. The van der Waals surface area contributed by atoms with E-state index in [-0.39, 0.29) is 46.0 Å². The predicted molar refractivity (Wildman–Crippen MR) is 110 cm³/mol. The molecule has 1 aliphatic carbocycles. The van der Waals surface area contributed by atoms with Crippen molar-refractivity contribution in [3.05, 3.63) is 28.9 Å². The van der Waals surface area contributed by atoms with Gasteiger partial charge in [0.15, 0.2) is 0 Å². The number of nitrogens with one attached hydrogen (secondary N) is 1. The summed E-state index contributed by atoms with van der Waals surface area (Å²) in [5.74, 6) is -0.584. The minimum Gasteiger partial charge on any atom is -0.396 e. The van der Waals surface area contributed by atoms with Crippen LogP contribution in [0.3, 0.4) is 0 Å². The zero-order valence-corrected chi connectivity index (χ0v) is 17.2. The zero-order chi connectivity index (χ0) is 22.5. The maximum Gasteiger partial charge on any atom is 0.416 e. The first-order valence-corrected chi connectivity index (χ1v) is 10.3.